The molecule has 4 aromatic carbocycles. The Hall–Kier alpha value is -4.82. The summed E-state index contributed by atoms with van der Waals surface area (Å²) < 4.78 is 7.89. The molecule has 0 fully saturated rings. The van der Waals surface area contributed by atoms with Crippen LogP contribution in [0.15, 0.2) is 120 Å². The highest BCUT2D eigenvalue weighted by Gasteiger charge is 2.34. The Labute approximate surface area is 256 Å². The van der Waals surface area contributed by atoms with Gasteiger partial charge >= 0.3 is 0 Å². The molecule has 43 heavy (non-hydrogen) atoms. The normalized spacial score (nSPS) is 14.2. The quantitative estimate of drug-likeness (QED) is 0.172. The molecule has 0 saturated heterocycles. The lowest BCUT2D eigenvalue weighted by atomic mass is 9.95. The molecule has 0 aliphatic carbocycles. The third-order valence-electron chi connectivity index (χ3n) is 7.25. The Morgan fingerprint density at radius 3 is 2.35 bits per heavy atom. The third kappa shape index (κ3) is 6.65. The number of aromatic nitrogens is 3. The van der Waals surface area contributed by atoms with Gasteiger partial charge in [-0.15, -0.1) is 5.10 Å². The van der Waals surface area contributed by atoms with Crippen LogP contribution in [0.25, 0.3) is 0 Å². The van der Waals surface area contributed by atoms with Gasteiger partial charge in [-0.25, -0.2) is 4.68 Å². The van der Waals surface area contributed by atoms with Crippen LogP contribution in [-0.2, 0) is 17.2 Å². The number of amides is 1. The van der Waals surface area contributed by atoms with Crippen molar-refractivity contribution in [1.29, 1.82) is 0 Å². The number of carbonyl (C=O) groups excluding carboxylic acids is 1. The van der Waals surface area contributed by atoms with E-state index in [-0.39, 0.29) is 5.91 Å². The lowest BCUT2D eigenvalue weighted by molar-refractivity contribution is -0.113. The van der Waals surface area contributed by atoms with Crippen LogP contribution in [0.3, 0.4) is 0 Å². The summed E-state index contributed by atoms with van der Waals surface area (Å²) in [4.78, 5) is 18.6. The number of anilines is 2. The second-order valence-electron chi connectivity index (χ2n) is 10.7. The van der Waals surface area contributed by atoms with Crippen LogP contribution in [0.2, 0.25) is 0 Å². The molecule has 1 unspecified atom stereocenters. The van der Waals surface area contributed by atoms with Gasteiger partial charge in [0.15, 0.2) is 0 Å². The zero-order valence-corrected chi connectivity index (χ0v) is 25.2. The molecule has 1 aliphatic rings. The molecule has 2 N–H and O–H groups in total. The van der Waals surface area contributed by atoms with Crippen LogP contribution in [-0.4, -0.2) is 20.7 Å². The summed E-state index contributed by atoms with van der Waals surface area (Å²) in [5, 5.41) is 11.9. The number of benzene rings is 4. The van der Waals surface area contributed by atoms with Gasteiger partial charge in [-0.05, 0) is 67.3 Å². The molecule has 0 saturated carbocycles. The molecule has 5 aromatic rings. The topological polar surface area (TPSA) is 81.1 Å². The number of nitrogens with zero attached hydrogens (tertiary/aromatic N) is 3. The van der Waals surface area contributed by atoms with E-state index >= 15 is 0 Å². The van der Waals surface area contributed by atoms with Gasteiger partial charge in [0.1, 0.15) is 18.4 Å². The number of allylic oxidation sites excluding steroid dienone is 1. The Bertz CT molecular complexity index is 1780. The van der Waals surface area contributed by atoms with Crippen molar-refractivity contribution < 1.29 is 9.53 Å². The van der Waals surface area contributed by atoms with Crippen molar-refractivity contribution >= 4 is 29.3 Å². The molecule has 7 nitrogen and oxygen atoms in total. The zero-order valence-electron chi connectivity index (χ0n) is 24.4. The van der Waals surface area contributed by atoms with Crippen LogP contribution in [0.1, 0.15) is 40.8 Å². The van der Waals surface area contributed by atoms with Gasteiger partial charge < -0.3 is 15.4 Å². The lowest BCUT2D eigenvalue weighted by Gasteiger charge is -2.28. The van der Waals surface area contributed by atoms with Crippen LogP contribution >= 0.6 is 11.8 Å². The molecule has 0 bridgehead atoms. The van der Waals surface area contributed by atoms with Gasteiger partial charge in [0, 0.05) is 17.1 Å². The number of rotatable bonds is 9. The highest BCUT2D eigenvalue weighted by atomic mass is 32.2. The number of nitrogens with one attached hydrogen (secondary N) is 2. The number of aryl methyl sites for hydroxylation is 2. The van der Waals surface area contributed by atoms with Crippen molar-refractivity contribution in [3.8, 4) is 5.75 Å². The van der Waals surface area contributed by atoms with Crippen molar-refractivity contribution in [1.82, 2.24) is 14.8 Å². The molecule has 2 heterocycles. The summed E-state index contributed by atoms with van der Waals surface area (Å²) >= 11 is 1.57. The highest BCUT2D eigenvalue weighted by Crippen LogP contribution is 2.37. The first kappa shape index (κ1) is 28.3. The molecule has 1 aromatic heterocycles. The maximum atomic E-state index is 13.9. The summed E-state index contributed by atoms with van der Waals surface area (Å²) in [7, 11) is 0. The first-order chi connectivity index (χ1) is 20.9. The molecule has 0 spiro atoms. The zero-order chi connectivity index (χ0) is 29.8. The first-order valence-electron chi connectivity index (χ1n) is 14.2. The van der Waals surface area contributed by atoms with E-state index in [1.165, 1.54) is 11.1 Å². The van der Waals surface area contributed by atoms with Gasteiger partial charge in [-0.3, -0.25) is 4.79 Å². The maximum Gasteiger partial charge on any atom is 0.255 e. The minimum Gasteiger partial charge on any atom is -0.489 e. The van der Waals surface area contributed by atoms with Gasteiger partial charge in [0.05, 0.1) is 5.57 Å². The number of hydrogen-bond acceptors (Lipinski definition) is 6. The summed E-state index contributed by atoms with van der Waals surface area (Å²) in [5.74, 6) is 1.91. The average molecular weight is 588 g/mol. The standard InChI is InChI=1S/C35H33N5O2S/c1-23-9-7-13-27(19-23)21-42-30-17-15-28(16-18-30)32-31(33(41)37-29-14-8-10-24(2)20-29)25(3)36-34-38-35(39-40(32)34)43-22-26-11-5-4-6-12-26/h4-20,32H,21-22H2,1-3H3,(H,37,41)(H,36,38,39). The number of hydrogen-bond donors (Lipinski definition) is 2. The molecule has 1 amide bonds. The molecule has 6 rings (SSSR count). The van der Waals surface area contributed by atoms with Crippen LogP contribution in [0.5, 0.6) is 5.75 Å². The molecular weight excluding hydrogens is 554 g/mol. The lowest BCUT2D eigenvalue weighted by Crippen LogP contribution is -2.31. The van der Waals surface area contributed by atoms with Gasteiger partial charge in [0.25, 0.3) is 5.91 Å². The molecule has 216 valence electrons. The number of fused-ring (bicyclic) bond motifs is 1. The minimum atomic E-state index is -0.481. The van der Waals surface area contributed by atoms with Crippen molar-refractivity contribution in [2.75, 3.05) is 10.6 Å². The predicted octanol–water partition coefficient (Wildman–Crippen LogP) is 7.69. The van der Waals surface area contributed by atoms with Crippen LogP contribution in [0, 0.1) is 13.8 Å². The molecule has 1 aliphatic heterocycles. The molecular formula is C35H33N5O2S. The van der Waals surface area contributed by atoms with Crippen LogP contribution in [0.4, 0.5) is 11.6 Å². The van der Waals surface area contributed by atoms with Gasteiger partial charge in [-0.1, -0.05) is 96.2 Å². The van der Waals surface area contributed by atoms with E-state index in [0.29, 0.717) is 23.3 Å². The Kier molecular flexibility index (Phi) is 8.29. The first-order valence-corrected chi connectivity index (χ1v) is 15.2. The maximum absolute atomic E-state index is 13.9. The molecule has 1 atom stereocenters. The SMILES string of the molecule is CC1=C(C(=O)Nc2cccc(C)c2)C(c2ccc(OCc3cccc(C)c3)cc2)n2nc(SCc3ccccc3)nc2N1. The molecule has 8 heteroatoms. The molecule has 0 radical (unpaired) electrons. The second-order valence-corrected chi connectivity index (χ2v) is 11.6. The smallest absolute Gasteiger partial charge is 0.255 e. The summed E-state index contributed by atoms with van der Waals surface area (Å²) in [6.07, 6.45) is 0. The van der Waals surface area contributed by atoms with Crippen LogP contribution < -0.4 is 15.4 Å². The second kappa shape index (κ2) is 12.6. The predicted molar refractivity (Wildman–Crippen MR) is 172 cm³/mol. The van der Waals surface area contributed by atoms with E-state index in [1.807, 2.05) is 91.3 Å². The summed E-state index contributed by atoms with van der Waals surface area (Å²) in [5.41, 5.74) is 7.54. The minimum absolute atomic E-state index is 0.194. The largest absolute Gasteiger partial charge is 0.489 e. The summed E-state index contributed by atoms with van der Waals surface area (Å²) in [6, 6.07) is 33.7. The number of thioether (sulfide) groups is 1. The highest BCUT2D eigenvalue weighted by molar-refractivity contribution is 7.98. The van der Waals surface area contributed by atoms with E-state index in [2.05, 4.69) is 47.9 Å². The number of carbonyl (C=O) groups is 1. The fraction of sp³-hybridized carbons (Fsp3) is 0.171. The fourth-order valence-corrected chi connectivity index (χ4v) is 5.94. The Balaban J connectivity index is 1.29. The van der Waals surface area contributed by atoms with Crippen molar-refractivity contribution in [3.63, 3.8) is 0 Å². The van der Waals surface area contributed by atoms with E-state index in [9.17, 15) is 4.79 Å². The fourth-order valence-electron chi connectivity index (χ4n) is 5.15. The Morgan fingerprint density at radius 1 is 0.884 bits per heavy atom. The Morgan fingerprint density at radius 2 is 1.60 bits per heavy atom. The van der Waals surface area contributed by atoms with Gasteiger partial charge in [-0.2, -0.15) is 4.98 Å². The average Bonchev–Trinajstić information content (AvgIpc) is 3.41. The summed E-state index contributed by atoms with van der Waals surface area (Å²) in [6.45, 7) is 6.47. The van der Waals surface area contributed by atoms with Crippen molar-refractivity contribution in [2.24, 2.45) is 0 Å². The van der Waals surface area contributed by atoms with E-state index in [0.717, 1.165) is 39.6 Å². The van der Waals surface area contributed by atoms with Gasteiger partial charge in [0.2, 0.25) is 11.1 Å². The van der Waals surface area contributed by atoms with E-state index in [1.54, 1.807) is 11.8 Å². The van der Waals surface area contributed by atoms with Crippen molar-refractivity contribution in [3.05, 3.63) is 142 Å². The van der Waals surface area contributed by atoms with E-state index < -0.39 is 6.04 Å². The monoisotopic (exact) mass is 587 g/mol. The van der Waals surface area contributed by atoms with Crippen molar-refractivity contribution in [2.45, 2.75) is 44.3 Å². The van der Waals surface area contributed by atoms with E-state index in [4.69, 9.17) is 14.8 Å². The number of ether oxygens (including phenoxy) is 1. The third-order valence-corrected chi connectivity index (χ3v) is 8.16.